The molecular weight excluding hydrogens is 239 g/mol. The van der Waals surface area contributed by atoms with Crippen LogP contribution in [0.3, 0.4) is 0 Å². The second-order valence-corrected chi connectivity index (χ2v) is 5.92. The smallest absolute Gasteiger partial charge is 0.127 e. The summed E-state index contributed by atoms with van der Waals surface area (Å²) in [5, 5.41) is 3.68. The van der Waals surface area contributed by atoms with Crippen molar-refractivity contribution in [1.29, 1.82) is 0 Å². The minimum Gasteiger partial charge on any atom is -0.309 e. The van der Waals surface area contributed by atoms with Gasteiger partial charge in [-0.25, -0.2) is 4.39 Å². The van der Waals surface area contributed by atoms with E-state index in [1.54, 1.807) is 6.07 Å². The number of benzene rings is 1. The molecule has 2 atom stereocenters. The van der Waals surface area contributed by atoms with Gasteiger partial charge in [-0.05, 0) is 30.9 Å². The summed E-state index contributed by atoms with van der Waals surface area (Å²) >= 11 is 0. The summed E-state index contributed by atoms with van der Waals surface area (Å²) in [6, 6.07) is 6.71. The number of nitrogens with one attached hydrogen (secondary N) is 1. The minimum atomic E-state index is -0.0388. The fraction of sp³-hybridized carbons (Fsp3) is 0.625. The Labute approximate surface area is 115 Å². The van der Waals surface area contributed by atoms with E-state index in [0.29, 0.717) is 12.1 Å². The van der Waals surface area contributed by atoms with E-state index in [2.05, 4.69) is 23.2 Å². The molecule has 104 valence electrons. The Kier molecular flexibility index (Phi) is 3.85. The second kappa shape index (κ2) is 5.59. The number of piperidine rings is 1. The highest BCUT2D eigenvalue weighted by Gasteiger charge is 2.30. The summed E-state index contributed by atoms with van der Waals surface area (Å²) in [6.07, 6.45) is 4.79. The number of halogens is 1. The number of hydrogen-bond acceptors (Lipinski definition) is 2. The van der Waals surface area contributed by atoms with E-state index < -0.39 is 0 Å². The zero-order valence-corrected chi connectivity index (χ0v) is 11.7. The average Bonchev–Trinajstić information content (AvgIpc) is 2.41. The van der Waals surface area contributed by atoms with Gasteiger partial charge in [-0.15, -0.1) is 0 Å². The highest BCUT2D eigenvalue weighted by atomic mass is 19.1. The van der Waals surface area contributed by atoms with Crippen LogP contribution in [0, 0.1) is 5.82 Å². The molecule has 2 aliphatic rings. The Morgan fingerprint density at radius 2 is 2.00 bits per heavy atom. The fourth-order valence-corrected chi connectivity index (χ4v) is 3.56. The summed E-state index contributed by atoms with van der Waals surface area (Å²) < 4.78 is 14.0. The van der Waals surface area contributed by atoms with Crippen molar-refractivity contribution in [3.05, 3.63) is 35.1 Å². The first kappa shape index (κ1) is 13.1. The van der Waals surface area contributed by atoms with Crippen LogP contribution < -0.4 is 5.32 Å². The van der Waals surface area contributed by atoms with Crippen LogP contribution in [0.25, 0.3) is 0 Å². The largest absolute Gasteiger partial charge is 0.309 e. The number of hydrogen-bond donors (Lipinski definition) is 1. The third kappa shape index (κ3) is 2.82. The summed E-state index contributed by atoms with van der Waals surface area (Å²) in [5.41, 5.74) is 2.06. The van der Waals surface area contributed by atoms with Gasteiger partial charge >= 0.3 is 0 Å². The first-order chi connectivity index (χ1) is 9.26. The third-order valence-corrected chi connectivity index (χ3v) is 4.51. The minimum absolute atomic E-state index is 0.0388. The first-order valence-corrected chi connectivity index (χ1v) is 7.51. The van der Waals surface area contributed by atoms with E-state index in [0.717, 1.165) is 37.2 Å². The van der Waals surface area contributed by atoms with Crippen LogP contribution in [0.1, 0.15) is 37.3 Å². The van der Waals surface area contributed by atoms with E-state index in [4.69, 9.17) is 0 Å². The molecule has 1 aromatic rings. The van der Waals surface area contributed by atoms with Gasteiger partial charge in [0, 0.05) is 37.3 Å². The maximum atomic E-state index is 14.0. The van der Waals surface area contributed by atoms with E-state index in [1.807, 2.05) is 6.07 Å². The Balaban J connectivity index is 1.74. The number of piperazine rings is 1. The van der Waals surface area contributed by atoms with Crippen molar-refractivity contribution in [2.75, 3.05) is 13.1 Å². The van der Waals surface area contributed by atoms with Crippen molar-refractivity contribution in [1.82, 2.24) is 10.2 Å². The molecule has 1 aromatic carbocycles. The molecule has 0 saturated carbocycles. The maximum absolute atomic E-state index is 14.0. The SMILES string of the molecule is CCc1cccc(F)c1CN1CC2CCCC(C1)N2. The molecule has 2 heterocycles. The molecule has 3 heteroatoms. The van der Waals surface area contributed by atoms with E-state index >= 15 is 0 Å². The maximum Gasteiger partial charge on any atom is 0.127 e. The van der Waals surface area contributed by atoms with Crippen molar-refractivity contribution >= 4 is 0 Å². The molecule has 19 heavy (non-hydrogen) atoms. The number of likely N-dealkylation sites (tertiary alicyclic amines) is 1. The van der Waals surface area contributed by atoms with Gasteiger partial charge in [0.25, 0.3) is 0 Å². The lowest BCUT2D eigenvalue weighted by Gasteiger charge is -2.42. The van der Waals surface area contributed by atoms with Gasteiger partial charge in [0.1, 0.15) is 5.82 Å². The molecule has 1 N–H and O–H groups in total. The number of aryl methyl sites for hydroxylation is 1. The lowest BCUT2D eigenvalue weighted by Crippen LogP contribution is -2.58. The zero-order valence-electron chi connectivity index (χ0n) is 11.7. The predicted octanol–water partition coefficient (Wildman–Crippen LogP) is 2.71. The normalized spacial score (nSPS) is 27.5. The van der Waals surface area contributed by atoms with Crippen molar-refractivity contribution < 1.29 is 4.39 Å². The molecule has 2 fully saturated rings. The molecule has 3 rings (SSSR count). The molecule has 0 aliphatic carbocycles. The van der Waals surface area contributed by atoms with E-state index in [1.165, 1.54) is 19.3 Å². The Bertz CT molecular complexity index is 434. The number of nitrogens with zero attached hydrogens (tertiary/aromatic N) is 1. The van der Waals surface area contributed by atoms with Crippen LogP contribution in [-0.2, 0) is 13.0 Å². The predicted molar refractivity (Wildman–Crippen MR) is 75.6 cm³/mol. The summed E-state index contributed by atoms with van der Waals surface area (Å²) in [5.74, 6) is -0.0388. The molecule has 0 aromatic heterocycles. The van der Waals surface area contributed by atoms with Crippen LogP contribution in [-0.4, -0.2) is 30.1 Å². The molecule has 2 unspecified atom stereocenters. The molecule has 0 amide bonds. The van der Waals surface area contributed by atoms with Crippen LogP contribution >= 0.6 is 0 Å². The van der Waals surface area contributed by atoms with Gasteiger partial charge < -0.3 is 5.32 Å². The Hall–Kier alpha value is -0.930. The van der Waals surface area contributed by atoms with Gasteiger partial charge in [0.15, 0.2) is 0 Å². The monoisotopic (exact) mass is 262 g/mol. The summed E-state index contributed by atoms with van der Waals surface area (Å²) in [6.45, 7) is 5.00. The highest BCUT2D eigenvalue weighted by Crippen LogP contribution is 2.23. The van der Waals surface area contributed by atoms with Gasteiger partial charge in [-0.3, -0.25) is 4.90 Å². The van der Waals surface area contributed by atoms with Crippen LogP contribution in [0.15, 0.2) is 18.2 Å². The second-order valence-electron chi connectivity index (χ2n) is 5.92. The van der Waals surface area contributed by atoms with Crippen LogP contribution in [0.5, 0.6) is 0 Å². The lowest BCUT2D eigenvalue weighted by atomic mass is 9.93. The van der Waals surface area contributed by atoms with Crippen LogP contribution in [0.4, 0.5) is 4.39 Å². The summed E-state index contributed by atoms with van der Waals surface area (Å²) in [7, 11) is 0. The average molecular weight is 262 g/mol. The Morgan fingerprint density at radius 3 is 2.68 bits per heavy atom. The third-order valence-electron chi connectivity index (χ3n) is 4.51. The van der Waals surface area contributed by atoms with Crippen molar-refractivity contribution in [3.63, 3.8) is 0 Å². The molecule has 2 saturated heterocycles. The van der Waals surface area contributed by atoms with Gasteiger partial charge in [-0.1, -0.05) is 25.5 Å². The van der Waals surface area contributed by atoms with Crippen molar-refractivity contribution in [2.45, 2.75) is 51.2 Å². The molecule has 0 radical (unpaired) electrons. The van der Waals surface area contributed by atoms with Crippen molar-refractivity contribution in [2.24, 2.45) is 0 Å². The zero-order chi connectivity index (χ0) is 13.2. The van der Waals surface area contributed by atoms with E-state index in [-0.39, 0.29) is 5.82 Å². The lowest BCUT2D eigenvalue weighted by molar-refractivity contribution is 0.118. The summed E-state index contributed by atoms with van der Waals surface area (Å²) in [4.78, 5) is 2.43. The molecular formula is C16H23FN2. The van der Waals surface area contributed by atoms with Gasteiger partial charge in [-0.2, -0.15) is 0 Å². The quantitative estimate of drug-likeness (QED) is 0.901. The highest BCUT2D eigenvalue weighted by molar-refractivity contribution is 5.28. The molecule has 2 bridgehead atoms. The van der Waals surface area contributed by atoms with Gasteiger partial charge in [0.05, 0.1) is 0 Å². The molecule has 0 spiro atoms. The first-order valence-electron chi connectivity index (χ1n) is 7.51. The van der Waals surface area contributed by atoms with E-state index in [9.17, 15) is 4.39 Å². The Morgan fingerprint density at radius 1 is 1.26 bits per heavy atom. The van der Waals surface area contributed by atoms with Gasteiger partial charge in [0.2, 0.25) is 0 Å². The fourth-order valence-electron chi connectivity index (χ4n) is 3.56. The molecule has 2 nitrogen and oxygen atoms in total. The number of fused-ring (bicyclic) bond motifs is 2. The number of rotatable bonds is 3. The topological polar surface area (TPSA) is 15.3 Å². The molecule has 2 aliphatic heterocycles. The standard InChI is InChI=1S/C16H23FN2/c1-2-12-5-3-8-16(17)15(12)11-19-9-13-6-4-7-14(10-19)18-13/h3,5,8,13-14,18H,2,4,6-7,9-11H2,1H3. The van der Waals surface area contributed by atoms with Crippen LogP contribution in [0.2, 0.25) is 0 Å². The van der Waals surface area contributed by atoms with Crippen molar-refractivity contribution in [3.8, 4) is 0 Å².